The Hall–Kier alpha value is -3.19. The van der Waals surface area contributed by atoms with Crippen molar-refractivity contribution in [3.05, 3.63) is 86.4 Å². The van der Waals surface area contributed by atoms with Crippen LogP contribution in [0.2, 0.25) is 0 Å². The van der Waals surface area contributed by atoms with E-state index in [1.165, 1.54) is 35.6 Å². The Bertz CT molecular complexity index is 1440. The molecular formula is C22H18F2N4O3S3. The molecular weight excluding hydrogens is 502 g/mol. The Morgan fingerprint density at radius 1 is 1.03 bits per heavy atom. The number of nitrogens with zero attached hydrogens (tertiary/aromatic N) is 1. The van der Waals surface area contributed by atoms with Gasteiger partial charge in [-0.05, 0) is 55.5 Å². The predicted octanol–water partition coefficient (Wildman–Crippen LogP) is 4.83. The molecule has 2 heterocycles. The fourth-order valence-electron chi connectivity index (χ4n) is 3.05. The zero-order valence-corrected chi connectivity index (χ0v) is 20.1. The number of halogens is 2. The van der Waals surface area contributed by atoms with Crippen molar-refractivity contribution >= 4 is 55.1 Å². The van der Waals surface area contributed by atoms with E-state index >= 15 is 0 Å². The molecule has 12 heteroatoms. The van der Waals surface area contributed by atoms with Crippen LogP contribution in [0.25, 0.3) is 0 Å². The van der Waals surface area contributed by atoms with Gasteiger partial charge >= 0.3 is 0 Å². The largest absolute Gasteiger partial charge is 0.382 e. The lowest BCUT2D eigenvalue weighted by atomic mass is 10.1. The van der Waals surface area contributed by atoms with Crippen molar-refractivity contribution in [2.24, 2.45) is 0 Å². The molecule has 0 saturated carbocycles. The van der Waals surface area contributed by atoms with Gasteiger partial charge in [-0.2, -0.15) is 0 Å². The average molecular weight is 521 g/mol. The third-order valence-electron chi connectivity index (χ3n) is 4.70. The van der Waals surface area contributed by atoms with Crippen LogP contribution in [0.5, 0.6) is 0 Å². The number of nitrogen functional groups attached to an aromatic ring is 1. The zero-order chi connectivity index (χ0) is 24.5. The highest BCUT2D eigenvalue weighted by atomic mass is 32.2. The van der Waals surface area contributed by atoms with Crippen molar-refractivity contribution in [3.63, 3.8) is 0 Å². The SMILES string of the molecule is Cc1ccc(CNS(=O)(=O)c2ccc(Nc3nc(N)c(C(=O)c4c(F)cccc4F)s3)cc2)s1. The Morgan fingerprint density at radius 3 is 2.32 bits per heavy atom. The number of nitrogens with two attached hydrogens (primary N) is 1. The number of aromatic nitrogens is 1. The quantitative estimate of drug-likeness (QED) is 0.287. The van der Waals surface area contributed by atoms with Crippen molar-refractivity contribution in [2.75, 3.05) is 11.1 Å². The standard InChI is InChI=1S/C22H18F2N4O3S3/c1-12-5-8-14(32-12)11-26-34(30,31)15-9-6-13(7-10-15)27-22-28-21(25)20(33-22)19(29)18-16(23)3-2-4-17(18)24/h2-10,26H,11,25H2,1H3,(H,27,28). The molecule has 176 valence electrons. The monoisotopic (exact) mass is 520 g/mol. The number of nitrogens with one attached hydrogen (secondary N) is 2. The number of carbonyl (C=O) groups is 1. The molecule has 4 aromatic rings. The highest BCUT2D eigenvalue weighted by molar-refractivity contribution is 7.89. The molecule has 0 spiro atoms. The summed E-state index contributed by atoms with van der Waals surface area (Å²) in [5.41, 5.74) is 5.58. The lowest BCUT2D eigenvalue weighted by molar-refractivity contribution is 0.103. The van der Waals surface area contributed by atoms with E-state index in [4.69, 9.17) is 5.73 Å². The van der Waals surface area contributed by atoms with Crippen LogP contribution < -0.4 is 15.8 Å². The summed E-state index contributed by atoms with van der Waals surface area (Å²) in [7, 11) is -3.71. The summed E-state index contributed by atoms with van der Waals surface area (Å²) in [5, 5.41) is 3.12. The van der Waals surface area contributed by atoms with Crippen molar-refractivity contribution in [3.8, 4) is 0 Å². The van der Waals surface area contributed by atoms with Crippen molar-refractivity contribution in [1.29, 1.82) is 0 Å². The second-order valence-corrected chi connectivity index (χ2v) is 11.3. The molecule has 7 nitrogen and oxygen atoms in total. The van der Waals surface area contributed by atoms with Gasteiger partial charge in [0.2, 0.25) is 15.8 Å². The van der Waals surface area contributed by atoms with Crippen molar-refractivity contribution in [1.82, 2.24) is 9.71 Å². The summed E-state index contributed by atoms with van der Waals surface area (Å²) in [4.78, 5) is 18.6. The first-order valence-electron chi connectivity index (χ1n) is 9.81. The number of aryl methyl sites for hydroxylation is 1. The first-order valence-corrected chi connectivity index (χ1v) is 12.9. The third-order valence-corrected chi connectivity index (χ3v) is 8.10. The smallest absolute Gasteiger partial charge is 0.240 e. The molecule has 34 heavy (non-hydrogen) atoms. The van der Waals surface area contributed by atoms with Gasteiger partial charge in [-0.15, -0.1) is 11.3 Å². The Kier molecular flexibility index (Phi) is 6.75. The maximum absolute atomic E-state index is 14.0. The fourth-order valence-corrected chi connectivity index (χ4v) is 5.83. The van der Waals surface area contributed by atoms with Gasteiger partial charge in [-0.3, -0.25) is 4.79 Å². The van der Waals surface area contributed by atoms with Gasteiger partial charge in [0.25, 0.3) is 0 Å². The number of sulfonamides is 1. The molecule has 0 aliphatic rings. The van der Waals surface area contributed by atoms with Crippen molar-refractivity contribution < 1.29 is 22.0 Å². The van der Waals surface area contributed by atoms with E-state index in [-0.39, 0.29) is 27.3 Å². The first-order chi connectivity index (χ1) is 16.1. The molecule has 0 saturated heterocycles. The van der Waals surface area contributed by atoms with Crippen LogP contribution in [-0.2, 0) is 16.6 Å². The normalized spacial score (nSPS) is 11.5. The van der Waals surface area contributed by atoms with E-state index in [1.54, 1.807) is 0 Å². The van der Waals surface area contributed by atoms with Crippen molar-refractivity contribution in [2.45, 2.75) is 18.4 Å². The van der Waals surface area contributed by atoms with E-state index in [2.05, 4.69) is 15.0 Å². The minimum atomic E-state index is -3.71. The summed E-state index contributed by atoms with van der Waals surface area (Å²) < 4.78 is 55.6. The van der Waals surface area contributed by atoms with E-state index < -0.39 is 33.0 Å². The molecule has 0 unspecified atom stereocenters. The van der Waals surface area contributed by atoms with Gasteiger partial charge in [0.05, 0.1) is 10.5 Å². The Balaban J connectivity index is 1.47. The number of anilines is 3. The molecule has 2 aromatic heterocycles. The number of thiophene rings is 1. The van der Waals surface area contributed by atoms with Crippen LogP contribution in [0.1, 0.15) is 25.0 Å². The van der Waals surface area contributed by atoms with Gasteiger partial charge in [0, 0.05) is 22.0 Å². The molecule has 0 bridgehead atoms. The molecule has 0 radical (unpaired) electrons. The zero-order valence-electron chi connectivity index (χ0n) is 17.6. The number of thiazole rings is 1. The number of benzene rings is 2. The number of carbonyl (C=O) groups excluding carboxylic acids is 1. The minimum Gasteiger partial charge on any atom is -0.382 e. The number of ketones is 1. The summed E-state index contributed by atoms with van der Waals surface area (Å²) in [5.74, 6) is -3.07. The molecule has 0 atom stereocenters. The lowest BCUT2D eigenvalue weighted by Crippen LogP contribution is -2.22. The lowest BCUT2D eigenvalue weighted by Gasteiger charge is -2.07. The third kappa shape index (κ3) is 5.14. The minimum absolute atomic E-state index is 0.0795. The van der Waals surface area contributed by atoms with Crippen LogP contribution in [0.15, 0.2) is 59.5 Å². The van der Waals surface area contributed by atoms with E-state index in [9.17, 15) is 22.0 Å². The average Bonchev–Trinajstić information content (AvgIpc) is 3.37. The van der Waals surface area contributed by atoms with E-state index in [1.807, 2.05) is 19.1 Å². The highest BCUT2D eigenvalue weighted by Crippen LogP contribution is 2.31. The second kappa shape index (κ2) is 9.58. The van der Waals surface area contributed by atoms with Crippen LogP contribution in [0, 0.1) is 18.6 Å². The molecule has 0 aliphatic heterocycles. The van der Waals surface area contributed by atoms with Crippen LogP contribution in [0.4, 0.5) is 25.4 Å². The Morgan fingerprint density at radius 2 is 1.71 bits per heavy atom. The number of hydrogen-bond acceptors (Lipinski definition) is 8. The number of rotatable bonds is 8. The van der Waals surface area contributed by atoms with Gasteiger partial charge in [-0.1, -0.05) is 17.4 Å². The maximum atomic E-state index is 14.0. The summed E-state index contributed by atoms with van der Waals surface area (Å²) in [6.45, 7) is 2.14. The van der Waals surface area contributed by atoms with Gasteiger partial charge in [0.15, 0.2) is 5.13 Å². The molecule has 4 rings (SSSR count). The van der Waals surface area contributed by atoms with E-state index in [0.29, 0.717) is 5.69 Å². The highest BCUT2D eigenvalue weighted by Gasteiger charge is 2.24. The van der Waals surface area contributed by atoms with Crippen LogP contribution >= 0.6 is 22.7 Å². The van der Waals surface area contributed by atoms with E-state index in [0.717, 1.165) is 39.3 Å². The predicted molar refractivity (Wildman–Crippen MR) is 129 cm³/mol. The molecule has 0 aliphatic carbocycles. The first kappa shape index (κ1) is 24.0. The summed E-state index contributed by atoms with van der Waals surface area (Å²) in [6.07, 6.45) is 0. The van der Waals surface area contributed by atoms with Gasteiger partial charge in [-0.25, -0.2) is 26.9 Å². The molecule has 2 aromatic carbocycles. The molecule has 4 N–H and O–H groups in total. The topological polar surface area (TPSA) is 114 Å². The van der Waals surface area contributed by atoms with Crippen LogP contribution in [-0.4, -0.2) is 19.2 Å². The molecule has 0 fully saturated rings. The summed E-state index contributed by atoms with van der Waals surface area (Å²) in [6, 6.07) is 12.8. The van der Waals surface area contributed by atoms with Gasteiger partial charge in [0.1, 0.15) is 22.3 Å². The molecule has 0 amide bonds. The maximum Gasteiger partial charge on any atom is 0.240 e. The second-order valence-electron chi connectivity index (χ2n) is 7.15. The van der Waals surface area contributed by atoms with Gasteiger partial charge < -0.3 is 11.1 Å². The summed E-state index contributed by atoms with van der Waals surface area (Å²) >= 11 is 2.35. The fraction of sp³-hybridized carbons (Fsp3) is 0.0909. The number of hydrogen-bond donors (Lipinski definition) is 3. The van der Waals surface area contributed by atoms with Crippen LogP contribution in [0.3, 0.4) is 0 Å². The Labute approximate surface area is 202 Å².